The number of nitriles is 1. The number of anilines is 1. The maximum absolute atomic E-state index is 10.1. The van der Waals surface area contributed by atoms with Gasteiger partial charge in [0.25, 0.3) is 0 Å². The van der Waals surface area contributed by atoms with Crippen LogP contribution in [-0.2, 0) is 20.9 Å². The molecule has 1 saturated heterocycles. The second kappa shape index (κ2) is 14.3. The molecule has 0 radical (unpaired) electrons. The van der Waals surface area contributed by atoms with Gasteiger partial charge in [0, 0.05) is 52.0 Å². The summed E-state index contributed by atoms with van der Waals surface area (Å²) in [6.07, 6.45) is 0.167. The van der Waals surface area contributed by atoms with E-state index in [0.717, 1.165) is 45.1 Å². The highest BCUT2D eigenvalue weighted by molar-refractivity contribution is 6.27. The lowest BCUT2D eigenvalue weighted by Crippen LogP contribution is -2.43. The molecule has 0 aliphatic carbocycles. The maximum atomic E-state index is 10.1. The van der Waals surface area contributed by atoms with Crippen LogP contribution >= 0.6 is 0 Å². The highest BCUT2D eigenvalue weighted by atomic mass is 16.5. The fourth-order valence-corrected chi connectivity index (χ4v) is 2.74. The zero-order valence-electron chi connectivity index (χ0n) is 17.2. The second-order valence-electron chi connectivity index (χ2n) is 6.80. The highest BCUT2D eigenvalue weighted by Crippen LogP contribution is 2.14. The standard InChI is InChI=1S/C18H28N4O2.C2H2O4/c1-21(8-2-7-19)17-5-3-16(4-6-17)13-20-14-18(23)15-22-9-11-24-12-10-22;3-1(4)2(5)6/h3-6,18,20,23H,2,8-15H2,1H3;(H,3,4)(H,5,6). The molecule has 0 amide bonds. The van der Waals surface area contributed by atoms with Gasteiger partial charge in [-0.3, -0.25) is 4.90 Å². The van der Waals surface area contributed by atoms with Crippen LogP contribution in [-0.4, -0.2) is 91.2 Å². The number of nitrogens with zero attached hydrogens (tertiary/aromatic N) is 3. The van der Waals surface area contributed by atoms with E-state index in [1.807, 2.05) is 7.05 Å². The first-order valence-electron chi connectivity index (χ1n) is 9.65. The minimum Gasteiger partial charge on any atom is -0.473 e. The molecule has 2 rings (SSSR count). The lowest BCUT2D eigenvalue weighted by molar-refractivity contribution is -0.159. The highest BCUT2D eigenvalue weighted by Gasteiger charge is 2.14. The van der Waals surface area contributed by atoms with E-state index in [-0.39, 0.29) is 6.10 Å². The number of carboxylic acid groups (broad SMARTS) is 2. The number of hydrogen-bond acceptors (Lipinski definition) is 8. The SMILES string of the molecule is CN(CCC#N)c1ccc(CNCC(O)CN2CCOCC2)cc1.O=C(O)C(=O)O. The minimum atomic E-state index is -1.82. The summed E-state index contributed by atoms with van der Waals surface area (Å²) in [7, 11) is 1.99. The molecule has 166 valence electrons. The van der Waals surface area contributed by atoms with Crippen LogP contribution in [0, 0.1) is 11.3 Å². The number of nitrogens with one attached hydrogen (secondary N) is 1. The fourth-order valence-electron chi connectivity index (χ4n) is 2.74. The Morgan fingerprint density at radius 2 is 1.83 bits per heavy atom. The number of rotatable bonds is 9. The third kappa shape index (κ3) is 10.7. The summed E-state index contributed by atoms with van der Waals surface area (Å²) in [5, 5.41) is 36.8. The van der Waals surface area contributed by atoms with Gasteiger partial charge in [0.15, 0.2) is 0 Å². The normalized spacial score (nSPS) is 14.7. The van der Waals surface area contributed by atoms with Crippen molar-refractivity contribution in [3.05, 3.63) is 29.8 Å². The molecule has 0 spiro atoms. The van der Waals surface area contributed by atoms with Gasteiger partial charge in [0.1, 0.15) is 0 Å². The Balaban J connectivity index is 0.000000656. The predicted octanol–water partition coefficient (Wildman–Crippen LogP) is -0.0252. The van der Waals surface area contributed by atoms with Crippen molar-refractivity contribution in [2.75, 3.05) is 57.9 Å². The Kier molecular flexibility index (Phi) is 12.1. The molecule has 1 fully saturated rings. The monoisotopic (exact) mass is 422 g/mol. The molecule has 1 aromatic carbocycles. The van der Waals surface area contributed by atoms with E-state index in [0.29, 0.717) is 19.5 Å². The lowest BCUT2D eigenvalue weighted by atomic mass is 10.2. The summed E-state index contributed by atoms with van der Waals surface area (Å²) in [5.41, 5.74) is 2.30. The van der Waals surface area contributed by atoms with Crippen LogP contribution < -0.4 is 10.2 Å². The summed E-state index contributed by atoms with van der Waals surface area (Å²) in [6.45, 7) is 6.07. The van der Waals surface area contributed by atoms with Crippen LogP contribution in [0.5, 0.6) is 0 Å². The molecule has 1 heterocycles. The van der Waals surface area contributed by atoms with Crippen LogP contribution in [0.3, 0.4) is 0 Å². The van der Waals surface area contributed by atoms with Crippen molar-refractivity contribution in [2.45, 2.75) is 19.1 Å². The largest absolute Gasteiger partial charge is 0.473 e. The van der Waals surface area contributed by atoms with Crippen LogP contribution in [0.2, 0.25) is 0 Å². The van der Waals surface area contributed by atoms with Gasteiger partial charge in [0.05, 0.1) is 31.8 Å². The number of aliphatic hydroxyl groups is 1. The smallest absolute Gasteiger partial charge is 0.414 e. The summed E-state index contributed by atoms with van der Waals surface area (Å²) in [4.78, 5) is 22.5. The Morgan fingerprint density at radius 1 is 1.23 bits per heavy atom. The number of β-amino-alcohol motifs (C(OH)–C–C–N with tert-alkyl or cyclic N) is 1. The van der Waals surface area contributed by atoms with E-state index in [2.05, 4.69) is 45.5 Å². The molecule has 30 heavy (non-hydrogen) atoms. The molecule has 1 aliphatic heterocycles. The maximum Gasteiger partial charge on any atom is 0.414 e. The molecule has 10 nitrogen and oxygen atoms in total. The minimum absolute atomic E-state index is 0.362. The average molecular weight is 422 g/mol. The van der Waals surface area contributed by atoms with E-state index < -0.39 is 11.9 Å². The molecular formula is C20H30N4O6. The topological polar surface area (TPSA) is 146 Å². The van der Waals surface area contributed by atoms with Crippen molar-refractivity contribution in [3.63, 3.8) is 0 Å². The van der Waals surface area contributed by atoms with Crippen LogP contribution in [0.4, 0.5) is 5.69 Å². The number of hydrogen-bond donors (Lipinski definition) is 4. The molecular weight excluding hydrogens is 392 g/mol. The Morgan fingerprint density at radius 3 is 2.37 bits per heavy atom. The number of benzene rings is 1. The van der Waals surface area contributed by atoms with E-state index in [1.165, 1.54) is 5.56 Å². The number of aliphatic carboxylic acids is 2. The molecule has 0 bridgehead atoms. The summed E-state index contributed by atoms with van der Waals surface area (Å²) >= 11 is 0. The van der Waals surface area contributed by atoms with E-state index in [1.54, 1.807) is 0 Å². The lowest BCUT2D eigenvalue weighted by Gasteiger charge is -2.28. The third-order valence-corrected chi connectivity index (χ3v) is 4.40. The number of morpholine rings is 1. The van der Waals surface area contributed by atoms with Crippen molar-refractivity contribution >= 4 is 17.6 Å². The Labute approximate surface area is 176 Å². The van der Waals surface area contributed by atoms with Gasteiger partial charge < -0.3 is 30.3 Å². The third-order valence-electron chi connectivity index (χ3n) is 4.40. The number of carboxylic acids is 2. The van der Waals surface area contributed by atoms with Gasteiger partial charge in [-0.15, -0.1) is 0 Å². The first kappa shape index (κ1) is 25.3. The zero-order chi connectivity index (χ0) is 22.4. The van der Waals surface area contributed by atoms with Crippen molar-refractivity contribution in [1.29, 1.82) is 5.26 Å². The van der Waals surface area contributed by atoms with Gasteiger partial charge in [0.2, 0.25) is 0 Å². The van der Waals surface area contributed by atoms with Crippen LogP contribution in [0.1, 0.15) is 12.0 Å². The summed E-state index contributed by atoms with van der Waals surface area (Å²) in [5.74, 6) is -3.65. The van der Waals surface area contributed by atoms with Gasteiger partial charge in [-0.05, 0) is 17.7 Å². The first-order valence-corrected chi connectivity index (χ1v) is 9.65. The van der Waals surface area contributed by atoms with E-state index in [9.17, 15) is 5.11 Å². The first-order chi connectivity index (χ1) is 14.3. The van der Waals surface area contributed by atoms with E-state index >= 15 is 0 Å². The molecule has 0 saturated carbocycles. The number of aliphatic hydroxyl groups excluding tert-OH is 1. The summed E-state index contributed by atoms with van der Waals surface area (Å²) in [6, 6.07) is 10.5. The van der Waals surface area contributed by atoms with Gasteiger partial charge in [-0.25, -0.2) is 9.59 Å². The predicted molar refractivity (Wildman–Crippen MR) is 110 cm³/mol. The van der Waals surface area contributed by atoms with Crippen LogP contribution in [0.15, 0.2) is 24.3 Å². The van der Waals surface area contributed by atoms with Crippen molar-refractivity contribution in [3.8, 4) is 6.07 Å². The average Bonchev–Trinajstić information content (AvgIpc) is 2.73. The molecule has 1 atom stereocenters. The van der Waals surface area contributed by atoms with Crippen molar-refractivity contribution < 1.29 is 29.6 Å². The molecule has 1 aromatic rings. The quantitative estimate of drug-likeness (QED) is 0.400. The molecule has 10 heteroatoms. The molecule has 1 aliphatic rings. The van der Waals surface area contributed by atoms with Gasteiger partial charge >= 0.3 is 11.9 Å². The number of carbonyl (C=O) groups is 2. The van der Waals surface area contributed by atoms with E-state index in [4.69, 9.17) is 29.8 Å². The molecule has 0 aromatic heterocycles. The van der Waals surface area contributed by atoms with Crippen LogP contribution in [0.25, 0.3) is 0 Å². The molecule has 4 N–H and O–H groups in total. The zero-order valence-corrected chi connectivity index (χ0v) is 17.2. The van der Waals surface area contributed by atoms with Gasteiger partial charge in [-0.1, -0.05) is 12.1 Å². The fraction of sp³-hybridized carbons (Fsp3) is 0.550. The second-order valence-corrected chi connectivity index (χ2v) is 6.80. The molecule has 1 unspecified atom stereocenters. The Bertz CT molecular complexity index is 674. The Hall–Kier alpha value is -2.71. The van der Waals surface area contributed by atoms with Crippen molar-refractivity contribution in [2.24, 2.45) is 0 Å². The summed E-state index contributed by atoms with van der Waals surface area (Å²) < 4.78 is 5.31. The van der Waals surface area contributed by atoms with Crippen molar-refractivity contribution in [1.82, 2.24) is 10.2 Å². The van der Waals surface area contributed by atoms with Gasteiger partial charge in [-0.2, -0.15) is 5.26 Å². The number of ether oxygens (including phenoxy) is 1.